The number of hydrogen-bond donors (Lipinski definition) is 1. The molecule has 0 radical (unpaired) electrons. The lowest BCUT2D eigenvalue weighted by Crippen LogP contribution is -2.46. The van der Waals surface area contributed by atoms with Gasteiger partial charge in [0.2, 0.25) is 0 Å². The SMILES string of the molecule is CCNC(=NCc1cccc(COCCOCC)c1)N1CCC(N2CCOCC2)C1. The minimum Gasteiger partial charge on any atom is -0.379 e. The van der Waals surface area contributed by atoms with Crippen LogP contribution in [0.15, 0.2) is 29.3 Å². The number of likely N-dealkylation sites (tertiary alicyclic amines) is 1. The molecule has 30 heavy (non-hydrogen) atoms. The molecule has 0 aromatic heterocycles. The number of morpholine rings is 1. The Morgan fingerprint density at radius 2 is 1.93 bits per heavy atom. The van der Waals surface area contributed by atoms with Crippen molar-refractivity contribution in [2.75, 3.05) is 65.8 Å². The van der Waals surface area contributed by atoms with E-state index < -0.39 is 0 Å². The molecule has 168 valence electrons. The number of hydrogen-bond acceptors (Lipinski definition) is 5. The maximum absolute atomic E-state index is 5.70. The Hall–Kier alpha value is -1.67. The van der Waals surface area contributed by atoms with Gasteiger partial charge in [-0.15, -0.1) is 0 Å². The van der Waals surface area contributed by atoms with Gasteiger partial charge >= 0.3 is 0 Å². The predicted octanol–water partition coefficient (Wildman–Crippen LogP) is 2.11. The summed E-state index contributed by atoms with van der Waals surface area (Å²) in [7, 11) is 0. The number of rotatable bonds is 10. The molecule has 1 N–H and O–H groups in total. The van der Waals surface area contributed by atoms with Crippen molar-refractivity contribution in [2.45, 2.75) is 39.5 Å². The van der Waals surface area contributed by atoms with Crippen molar-refractivity contribution in [1.82, 2.24) is 15.1 Å². The fourth-order valence-electron chi connectivity index (χ4n) is 4.04. The molecule has 0 spiro atoms. The molecule has 2 saturated heterocycles. The van der Waals surface area contributed by atoms with E-state index in [1.54, 1.807) is 0 Å². The number of nitrogens with zero attached hydrogens (tertiary/aromatic N) is 3. The zero-order chi connectivity index (χ0) is 21.0. The second kappa shape index (κ2) is 12.9. The van der Waals surface area contributed by atoms with Crippen LogP contribution >= 0.6 is 0 Å². The predicted molar refractivity (Wildman–Crippen MR) is 120 cm³/mol. The number of ether oxygens (including phenoxy) is 3. The Kier molecular flexibility index (Phi) is 9.89. The summed E-state index contributed by atoms with van der Waals surface area (Å²) < 4.78 is 16.5. The molecule has 1 atom stereocenters. The van der Waals surface area contributed by atoms with Crippen LogP contribution in [-0.2, 0) is 27.4 Å². The lowest BCUT2D eigenvalue weighted by molar-refractivity contribution is 0.0195. The summed E-state index contributed by atoms with van der Waals surface area (Å²) in [6.45, 7) is 14.2. The van der Waals surface area contributed by atoms with E-state index >= 15 is 0 Å². The van der Waals surface area contributed by atoms with Gasteiger partial charge in [-0.2, -0.15) is 0 Å². The Morgan fingerprint density at radius 3 is 2.73 bits per heavy atom. The summed E-state index contributed by atoms with van der Waals surface area (Å²) in [5, 5.41) is 3.48. The van der Waals surface area contributed by atoms with Crippen LogP contribution in [0.25, 0.3) is 0 Å². The molecule has 2 fully saturated rings. The fraction of sp³-hybridized carbons (Fsp3) is 0.696. The van der Waals surface area contributed by atoms with E-state index in [4.69, 9.17) is 19.2 Å². The van der Waals surface area contributed by atoms with Gasteiger partial charge in [-0.1, -0.05) is 24.3 Å². The minimum absolute atomic E-state index is 0.606. The number of nitrogens with one attached hydrogen (secondary N) is 1. The molecule has 0 aliphatic carbocycles. The molecule has 7 nitrogen and oxygen atoms in total. The van der Waals surface area contributed by atoms with Gasteiger partial charge in [0.05, 0.1) is 39.6 Å². The van der Waals surface area contributed by atoms with Crippen molar-refractivity contribution in [3.05, 3.63) is 35.4 Å². The molecule has 0 amide bonds. The second-order valence-electron chi connectivity index (χ2n) is 7.78. The quantitative estimate of drug-likeness (QED) is 0.357. The molecule has 0 bridgehead atoms. The third kappa shape index (κ3) is 7.23. The first-order chi connectivity index (χ1) is 14.8. The maximum atomic E-state index is 5.70. The summed E-state index contributed by atoms with van der Waals surface area (Å²) in [5.74, 6) is 1.02. The zero-order valence-electron chi connectivity index (χ0n) is 18.6. The van der Waals surface area contributed by atoms with E-state index in [2.05, 4.69) is 46.3 Å². The molecule has 0 saturated carbocycles. The van der Waals surface area contributed by atoms with Crippen LogP contribution in [-0.4, -0.2) is 87.6 Å². The van der Waals surface area contributed by atoms with Crippen LogP contribution in [0.4, 0.5) is 0 Å². The van der Waals surface area contributed by atoms with E-state index in [-0.39, 0.29) is 0 Å². The van der Waals surface area contributed by atoms with Crippen molar-refractivity contribution in [3.8, 4) is 0 Å². The largest absolute Gasteiger partial charge is 0.379 e. The van der Waals surface area contributed by atoms with Crippen LogP contribution in [0.1, 0.15) is 31.4 Å². The fourth-order valence-corrected chi connectivity index (χ4v) is 4.04. The lowest BCUT2D eigenvalue weighted by Gasteiger charge is -2.32. The lowest BCUT2D eigenvalue weighted by atomic mass is 10.1. The van der Waals surface area contributed by atoms with Gasteiger partial charge in [-0.05, 0) is 31.4 Å². The van der Waals surface area contributed by atoms with Crippen LogP contribution < -0.4 is 5.32 Å². The molecule has 3 rings (SSSR count). The molecule has 2 aliphatic rings. The second-order valence-corrected chi connectivity index (χ2v) is 7.78. The average Bonchev–Trinajstić information content (AvgIpc) is 3.28. The standard InChI is InChI=1S/C23H38N4O3/c1-3-24-23(27-9-8-22(18-27)26-10-12-29-13-11-26)25-17-20-6-5-7-21(16-20)19-30-15-14-28-4-2/h5-7,16,22H,3-4,8-15,17-19H2,1-2H3,(H,24,25). The number of aliphatic imine (C=N–C) groups is 1. The first-order valence-electron chi connectivity index (χ1n) is 11.4. The first kappa shape index (κ1) is 23.0. The molecule has 2 aliphatic heterocycles. The third-order valence-electron chi connectivity index (χ3n) is 5.61. The number of benzene rings is 1. The van der Waals surface area contributed by atoms with Crippen molar-refractivity contribution in [3.63, 3.8) is 0 Å². The molecule has 2 heterocycles. The number of guanidine groups is 1. The molecule has 1 unspecified atom stereocenters. The van der Waals surface area contributed by atoms with E-state index in [0.717, 1.165) is 58.5 Å². The Morgan fingerprint density at radius 1 is 1.13 bits per heavy atom. The summed E-state index contributed by atoms with van der Waals surface area (Å²) in [6.07, 6.45) is 1.19. The highest BCUT2D eigenvalue weighted by Crippen LogP contribution is 2.17. The normalized spacial score (nSPS) is 20.7. The van der Waals surface area contributed by atoms with Gasteiger partial charge in [0, 0.05) is 45.4 Å². The zero-order valence-corrected chi connectivity index (χ0v) is 18.6. The summed E-state index contributed by atoms with van der Waals surface area (Å²) in [4.78, 5) is 9.91. The average molecular weight is 419 g/mol. The van der Waals surface area contributed by atoms with Crippen molar-refractivity contribution in [1.29, 1.82) is 0 Å². The highest BCUT2D eigenvalue weighted by molar-refractivity contribution is 5.80. The third-order valence-corrected chi connectivity index (χ3v) is 5.61. The topological polar surface area (TPSA) is 58.6 Å². The van der Waals surface area contributed by atoms with Crippen LogP contribution in [0.5, 0.6) is 0 Å². The van der Waals surface area contributed by atoms with Gasteiger partial charge < -0.3 is 24.4 Å². The van der Waals surface area contributed by atoms with E-state index in [9.17, 15) is 0 Å². The van der Waals surface area contributed by atoms with Gasteiger partial charge in [0.25, 0.3) is 0 Å². The van der Waals surface area contributed by atoms with Crippen LogP contribution in [0.3, 0.4) is 0 Å². The summed E-state index contributed by atoms with van der Waals surface area (Å²) in [6, 6.07) is 9.12. The molecular formula is C23H38N4O3. The van der Waals surface area contributed by atoms with Crippen molar-refractivity contribution < 1.29 is 14.2 Å². The van der Waals surface area contributed by atoms with E-state index in [0.29, 0.717) is 32.4 Å². The maximum Gasteiger partial charge on any atom is 0.194 e. The Bertz CT molecular complexity index is 649. The monoisotopic (exact) mass is 418 g/mol. The smallest absolute Gasteiger partial charge is 0.194 e. The van der Waals surface area contributed by atoms with Crippen LogP contribution in [0, 0.1) is 0 Å². The highest BCUT2D eigenvalue weighted by Gasteiger charge is 2.30. The highest BCUT2D eigenvalue weighted by atomic mass is 16.5. The van der Waals surface area contributed by atoms with E-state index in [1.807, 2.05) is 6.92 Å². The van der Waals surface area contributed by atoms with Gasteiger partial charge in [-0.25, -0.2) is 4.99 Å². The molecule has 7 heteroatoms. The van der Waals surface area contributed by atoms with Gasteiger partial charge in [-0.3, -0.25) is 4.90 Å². The minimum atomic E-state index is 0.606. The molecular weight excluding hydrogens is 380 g/mol. The van der Waals surface area contributed by atoms with E-state index in [1.165, 1.54) is 17.5 Å². The molecule has 1 aromatic rings. The van der Waals surface area contributed by atoms with Gasteiger partial charge in [0.15, 0.2) is 5.96 Å². The first-order valence-corrected chi connectivity index (χ1v) is 11.4. The van der Waals surface area contributed by atoms with Crippen LogP contribution in [0.2, 0.25) is 0 Å². The summed E-state index contributed by atoms with van der Waals surface area (Å²) >= 11 is 0. The Labute approximate surface area is 181 Å². The van der Waals surface area contributed by atoms with Crippen molar-refractivity contribution >= 4 is 5.96 Å². The summed E-state index contributed by atoms with van der Waals surface area (Å²) in [5.41, 5.74) is 2.39. The molecule has 1 aromatic carbocycles. The van der Waals surface area contributed by atoms with Gasteiger partial charge in [0.1, 0.15) is 0 Å². The van der Waals surface area contributed by atoms with Crippen molar-refractivity contribution in [2.24, 2.45) is 4.99 Å². The Balaban J connectivity index is 1.52.